The molecule has 0 unspecified atom stereocenters. The van der Waals surface area contributed by atoms with Crippen molar-refractivity contribution in [1.29, 1.82) is 0 Å². The lowest BCUT2D eigenvalue weighted by Crippen LogP contribution is -2.14. The summed E-state index contributed by atoms with van der Waals surface area (Å²) in [5.74, 6) is 1.39. The fraction of sp³-hybridized carbons (Fsp3) is 0.571. The number of sulfonamides is 1. The molecule has 0 aliphatic carbocycles. The SMILES string of the molecule is Cc1cc(S(N)(=O)=O)c(C)cc1OCCCC(C)C. The molecule has 0 bridgehead atoms. The van der Waals surface area contributed by atoms with E-state index in [0.29, 0.717) is 18.1 Å². The number of rotatable bonds is 6. The predicted octanol–water partition coefficient (Wildman–Crippen LogP) is 2.77. The van der Waals surface area contributed by atoms with Gasteiger partial charge in [0.15, 0.2) is 0 Å². The van der Waals surface area contributed by atoms with Crippen LogP contribution >= 0.6 is 0 Å². The Hall–Kier alpha value is -1.07. The average Bonchev–Trinajstić information content (AvgIpc) is 2.26. The van der Waals surface area contributed by atoms with Crippen LogP contribution in [0.2, 0.25) is 0 Å². The molecule has 0 aliphatic heterocycles. The van der Waals surface area contributed by atoms with Crippen LogP contribution in [0, 0.1) is 19.8 Å². The van der Waals surface area contributed by atoms with Crippen LogP contribution in [0.15, 0.2) is 17.0 Å². The van der Waals surface area contributed by atoms with Gasteiger partial charge in [-0.05, 0) is 55.9 Å². The van der Waals surface area contributed by atoms with Gasteiger partial charge >= 0.3 is 0 Å². The van der Waals surface area contributed by atoms with Gasteiger partial charge in [0.2, 0.25) is 10.0 Å². The summed E-state index contributed by atoms with van der Waals surface area (Å²) in [6.07, 6.45) is 2.11. The normalized spacial score (nSPS) is 11.9. The quantitative estimate of drug-likeness (QED) is 0.817. The molecule has 0 aliphatic rings. The number of benzene rings is 1. The molecule has 4 nitrogen and oxygen atoms in total. The third-order valence-electron chi connectivity index (χ3n) is 2.96. The highest BCUT2D eigenvalue weighted by Gasteiger charge is 2.14. The Labute approximate surface area is 116 Å². The largest absolute Gasteiger partial charge is 0.493 e. The number of ether oxygens (including phenoxy) is 1. The maximum atomic E-state index is 11.4. The monoisotopic (exact) mass is 285 g/mol. The number of aryl methyl sites for hydroxylation is 2. The molecule has 0 fully saturated rings. The van der Waals surface area contributed by atoms with Crippen molar-refractivity contribution < 1.29 is 13.2 Å². The summed E-state index contributed by atoms with van der Waals surface area (Å²) in [7, 11) is -3.66. The summed E-state index contributed by atoms with van der Waals surface area (Å²) < 4.78 is 28.5. The van der Waals surface area contributed by atoms with E-state index >= 15 is 0 Å². The molecular weight excluding hydrogens is 262 g/mol. The minimum Gasteiger partial charge on any atom is -0.493 e. The zero-order chi connectivity index (χ0) is 14.6. The highest BCUT2D eigenvalue weighted by atomic mass is 32.2. The Kier molecular flexibility index (Phi) is 5.38. The molecule has 0 saturated carbocycles. The maximum Gasteiger partial charge on any atom is 0.238 e. The van der Waals surface area contributed by atoms with Crippen LogP contribution in [0.1, 0.15) is 37.8 Å². The summed E-state index contributed by atoms with van der Waals surface area (Å²) in [5.41, 5.74) is 1.41. The van der Waals surface area contributed by atoms with Gasteiger partial charge in [-0.15, -0.1) is 0 Å². The highest BCUT2D eigenvalue weighted by molar-refractivity contribution is 7.89. The average molecular weight is 285 g/mol. The first-order chi connectivity index (χ1) is 8.71. The number of nitrogens with two attached hydrogens (primary N) is 1. The molecule has 1 aromatic rings. The Bertz CT molecular complexity index is 536. The molecule has 108 valence electrons. The van der Waals surface area contributed by atoms with Crippen LogP contribution in [0.3, 0.4) is 0 Å². The fourth-order valence-electron chi connectivity index (χ4n) is 1.90. The lowest BCUT2D eigenvalue weighted by molar-refractivity contribution is 0.295. The molecule has 0 saturated heterocycles. The van der Waals surface area contributed by atoms with E-state index in [1.807, 2.05) is 6.92 Å². The number of primary sulfonamides is 1. The van der Waals surface area contributed by atoms with Gasteiger partial charge in [-0.1, -0.05) is 13.8 Å². The van der Waals surface area contributed by atoms with Crippen molar-refractivity contribution in [2.75, 3.05) is 6.61 Å². The van der Waals surface area contributed by atoms with Crippen molar-refractivity contribution in [2.45, 2.75) is 45.4 Å². The van der Waals surface area contributed by atoms with E-state index in [9.17, 15) is 8.42 Å². The third kappa shape index (κ3) is 4.84. The Balaban J connectivity index is 2.80. The molecule has 0 aromatic heterocycles. The maximum absolute atomic E-state index is 11.4. The van der Waals surface area contributed by atoms with E-state index in [-0.39, 0.29) is 4.90 Å². The molecule has 0 spiro atoms. The molecule has 0 radical (unpaired) electrons. The first kappa shape index (κ1) is 16.0. The first-order valence-electron chi connectivity index (χ1n) is 6.48. The molecule has 19 heavy (non-hydrogen) atoms. The summed E-state index contributed by atoms with van der Waals surface area (Å²) in [6, 6.07) is 3.31. The minimum atomic E-state index is -3.66. The van der Waals surface area contributed by atoms with Crippen molar-refractivity contribution in [3.05, 3.63) is 23.3 Å². The standard InChI is InChI=1S/C14H23NO3S/c1-10(2)6-5-7-18-13-8-12(4)14(9-11(13)3)19(15,16)17/h8-10H,5-7H2,1-4H3,(H2,15,16,17). The lowest BCUT2D eigenvalue weighted by atomic mass is 10.1. The summed E-state index contributed by atoms with van der Waals surface area (Å²) in [4.78, 5) is 0.166. The second-order valence-corrected chi connectivity index (χ2v) is 6.84. The van der Waals surface area contributed by atoms with Gasteiger partial charge in [0.25, 0.3) is 0 Å². The van der Waals surface area contributed by atoms with Gasteiger partial charge in [-0.3, -0.25) is 0 Å². The second-order valence-electron chi connectivity index (χ2n) is 5.31. The number of hydrogen-bond acceptors (Lipinski definition) is 3. The topological polar surface area (TPSA) is 69.4 Å². The van der Waals surface area contributed by atoms with E-state index in [4.69, 9.17) is 9.88 Å². The first-order valence-corrected chi connectivity index (χ1v) is 8.03. The molecule has 1 aromatic carbocycles. The molecule has 0 heterocycles. The van der Waals surface area contributed by atoms with Crippen molar-refractivity contribution in [3.8, 4) is 5.75 Å². The zero-order valence-electron chi connectivity index (χ0n) is 12.1. The van der Waals surface area contributed by atoms with Gasteiger partial charge in [0.05, 0.1) is 11.5 Å². The summed E-state index contributed by atoms with van der Waals surface area (Å²) in [6.45, 7) is 8.55. The van der Waals surface area contributed by atoms with E-state index in [1.165, 1.54) is 0 Å². The minimum absolute atomic E-state index is 0.166. The van der Waals surface area contributed by atoms with Crippen molar-refractivity contribution in [2.24, 2.45) is 11.1 Å². The van der Waals surface area contributed by atoms with Gasteiger partial charge in [0, 0.05) is 0 Å². The molecule has 1 rings (SSSR count). The van der Waals surface area contributed by atoms with Crippen LogP contribution in [0.4, 0.5) is 0 Å². The van der Waals surface area contributed by atoms with Crippen molar-refractivity contribution >= 4 is 10.0 Å². The van der Waals surface area contributed by atoms with E-state index in [1.54, 1.807) is 19.1 Å². The Morgan fingerprint density at radius 3 is 2.37 bits per heavy atom. The fourth-order valence-corrected chi connectivity index (χ4v) is 2.75. The van der Waals surface area contributed by atoms with Crippen LogP contribution < -0.4 is 9.88 Å². The van der Waals surface area contributed by atoms with Crippen LogP contribution in [-0.4, -0.2) is 15.0 Å². The van der Waals surface area contributed by atoms with E-state index in [0.717, 1.165) is 24.2 Å². The smallest absolute Gasteiger partial charge is 0.238 e. The van der Waals surface area contributed by atoms with Gasteiger partial charge in [-0.2, -0.15) is 0 Å². The van der Waals surface area contributed by atoms with Crippen LogP contribution in [0.25, 0.3) is 0 Å². The van der Waals surface area contributed by atoms with Gasteiger partial charge in [0.1, 0.15) is 5.75 Å². The van der Waals surface area contributed by atoms with E-state index in [2.05, 4.69) is 13.8 Å². The number of hydrogen-bond donors (Lipinski definition) is 1. The summed E-state index contributed by atoms with van der Waals surface area (Å²) in [5, 5.41) is 5.16. The van der Waals surface area contributed by atoms with Gasteiger partial charge in [-0.25, -0.2) is 13.6 Å². The molecule has 0 atom stereocenters. The molecular formula is C14H23NO3S. The third-order valence-corrected chi connectivity index (χ3v) is 4.02. The molecule has 5 heteroatoms. The van der Waals surface area contributed by atoms with Gasteiger partial charge < -0.3 is 4.74 Å². The molecule has 0 amide bonds. The van der Waals surface area contributed by atoms with E-state index < -0.39 is 10.0 Å². The highest BCUT2D eigenvalue weighted by Crippen LogP contribution is 2.25. The predicted molar refractivity (Wildman–Crippen MR) is 76.9 cm³/mol. The molecule has 2 N–H and O–H groups in total. The second kappa shape index (κ2) is 6.39. The Morgan fingerprint density at radius 1 is 1.21 bits per heavy atom. The van der Waals surface area contributed by atoms with Crippen LogP contribution in [-0.2, 0) is 10.0 Å². The summed E-state index contributed by atoms with van der Waals surface area (Å²) >= 11 is 0. The lowest BCUT2D eigenvalue weighted by Gasteiger charge is -2.13. The van der Waals surface area contributed by atoms with Crippen molar-refractivity contribution in [1.82, 2.24) is 0 Å². The van der Waals surface area contributed by atoms with Crippen LogP contribution in [0.5, 0.6) is 5.75 Å². The Morgan fingerprint density at radius 2 is 1.84 bits per heavy atom. The van der Waals surface area contributed by atoms with Crippen molar-refractivity contribution in [3.63, 3.8) is 0 Å². The zero-order valence-corrected chi connectivity index (χ0v) is 12.9.